The van der Waals surface area contributed by atoms with Crippen LogP contribution in [0.5, 0.6) is 5.75 Å². The summed E-state index contributed by atoms with van der Waals surface area (Å²) in [4.78, 5) is 9.75. The molecular weight excluding hydrogens is 387 g/mol. The van der Waals surface area contributed by atoms with Crippen molar-refractivity contribution in [2.45, 2.75) is 25.5 Å². The predicted octanol–water partition coefficient (Wildman–Crippen LogP) is 2.98. The normalized spacial score (nSPS) is 17.3. The zero-order chi connectivity index (χ0) is 21.0. The number of ether oxygens (including phenoxy) is 1. The number of aliphatic hydroxyl groups is 1. The first-order valence-corrected chi connectivity index (χ1v) is 9.11. The maximum absolute atomic E-state index is 14.2. The van der Waals surface area contributed by atoms with Gasteiger partial charge in [-0.15, -0.1) is 0 Å². The van der Waals surface area contributed by atoms with E-state index in [0.717, 1.165) is 6.07 Å². The summed E-state index contributed by atoms with van der Waals surface area (Å²) in [5.74, 6) is -2.67. The molecule has 0 fully saturated rings. The minimum atomic E-state index is -1.26. The molecule has 156 valence electrons. The van der Waals surface area contributed by atoms with Crippen molar-refractivity contribution in [2.24, 2.45) is 10.7 Å². The lowest BCUT2D eigenvalue weighted by atomic mass is 10.0. The summed E-state index contributed by atoms with van der Waals surface area (Å²) in [7, 11) is 1.60. The molecule has 9 heteroatoms. The van der Waals surface area contributed by atoms with Gasteiger partial charge in [-0.1, -0.05) is 6.07 Å². The number of nitrogens with zero attached hydrogens (tertiary/aromatic N) is 2. The number of hydrogen-bond acceptors (Lipinski definition) is 6. The highest BCUT2D eigenvalue weighted by atomic mass is 19.2. The Morgan fingerprint density at radius 1 is 1.24 bits per heavy atom. The Morgan fingerprint density at radius 3 is 2.79 bits per heavy atom. The van der Waals surface area contributed by atoms with Crippen molar-refractivity contribution in [1.29, 1.82) is 0 Å². The van der Waals surface area contributed by atoms with E-state index in [2.05, 4.69) is 4.99 Å². The van der Waals surface area contributed by atoms with Crippen LogP contribution < -0.4 is 10.5 Å². The fourth-order valence-corrected chi connectivity index (χ4v) is 2.95. The third kappa shape index (κ3) is 4.99. The Morgan fingerprint density at radius 2 is 2.03 bits per heavy atom. The smallest absolute Gasteiger partial charge is 0.215 e. The van der Waals surface area contributed by atoms with E-state index in [1.807, 2.05) is 0 Å². The van der Waals surface area contributed by atoms with Crippen LogP contribution in [-0.2, 0) is 11.4 Å². The molecule has 1 aliphatic rings. The molecule has 3 rings (SSSR count). The van der Waals surface area contributed by atoms with Crippen molar-refractivity contribution in [2.75, 3.05) is 20.3 Å². The molecule has 2 aromatic rings. The third-order valence-electron chi connectivity index (χ3n) is 4.53. The number of rotatable bonds is 4. The van der Waals surface area contributed by atoms with E-state index in [1.54, 1.807) is 19.2 Å². The molecule has 29 heavy (non-hydrogen) atoms. The summed E-state index contributed by atoms with van der Waals surface area (Å²) in [5.41, 5.74) is 6.55. The summed E-state index contributed by atoms with van der Waals surface area (Å²) in [6.45, 7) is 0.280. The Balaban J connectivity index is 2.01. The minimum Gasteiger partial charge on any atom is -0.488 e. The molecule has 0 bridgehead atoms. The van der Waals surface area contributed by atoms with Crippen LogP contribution in [0.3, 0.4) is 0 Å². The molecule has 2 aromatic carbocycles. The fraction of sp³-hybridized carbons (Fsp3) is 0.350. The summed E-state index contributed by atoms with van der Waals surface area (Å²) >= 11 is 0. The van der Waals surface area contributed by atoms with Crippen LogP contribution in [0.15, 0.2) is 35.3 Å². The number of hydrogen-bond donors (Lipinski definition) is 2. The van der Waals surface area contributed by atoms with Gasteiger partial charge in [0.1, 0.15) is 24.3 Å². The van der Waals surface area contributed by atoms with Gasteiger partial charge in [-0.05, 0) is 36.6 Å². The average molecular weight is 409 g/mol. The number of halogens is 3. The van der Waals surface area contributed by atoms with Crippen LogP contribution in [0.25, 0.3) is 11.1 Å². The zero-order valence-corrected chi connectivity index (χ0v) is 15.9. The molecule has 0 saturated carbocycles. The topological polar surface area (TPSA) is 80.3 Å². The van der Waals surface area contributed by atoms with Gasteiger partial charge in [0.2, 0.25) is 5.96 Å². The molecule has 0 radical (unpaired) electrons. The summed E-state index contributed by atoms with van der Waals surface area (Å²) in [6, 6.07) is 6.11. The number of fused-ring (bicyclic) bond motifs is 1. The lowest BCUT2D eigenvalue weighted by Crippen LogP contribution is -2.38. The second-order valence-electron chi connectivity index (χ2n) is 6.65. The quantitative estimate of drug-likeness (QED) is 0.759. The molecule has 0 aromatic heterocycles. The van der Waals surface area contributed by atoms with Crippen molar-refractivity contribution in [1.82, 2.24) is 5.06 Å². The van der Waals surface area contributed by atoms with Crippen LogP contribution in [0.4, 0.5) is 13.2 Å². The molecular formula is C20H22F3N3O3. The molecule has 3 N–H and O–H groups in total. The van der Waals surface area contributed by atoms with Crippen molar-refractivity contribution in [3.05, 3.63) is 53.3 Å². The van der Waals surface area contributed by atoms with E-state index in [0.29, 0.717) is 30.2 Å². The van der Waals surface area contributed by atoms with Gasteiger partial charge < -0.3 is 15.6 Å². The van der Waals surface area contributed by atoms with Gasteiger partial charge in [0, 0.05) is 30.8 Å². The van der Waals surface area contributed by atoms with Crippen molar-refractivity contribution >= 4 is 5.96 Å². The van der Waals surface area contributed by atoms with Gasteiger partial charge >= 0.3 is 0 Å². The van der Waals surface area contributed by atoms with E-state index in [1.165, 1.54) is 11.1 Å². The first kappa shape index (κ1) is 20.9. The fourth-order valence-electron chi connectivity index (χ4n) is 2.95. The average Bonchev–Trinajstić information content (AvgIpc) is 2.70. The Labute approximate surface area is 166 Å². The summed E-state index contributed by atoms with van der Waals surface area (Å²) < 4.78 is 47.5. The zero-order valence-electron chi connectivity index (χ0n) is 15.9. The van der Waals surface area contributed by atoms with Crippen molar-refractivity contribution in [3.8, 4) is 16.9 Å². The molecule has 0 saturated heterocycles. The van der Waals surface area contributed by atoms with E-state index in [9.17, 15) is 13.2 Å². The number of aliphatic imine (C=N–C) groups is 1. The number of aliphatic hydroxyl groups excluding tert-OH is 1. The maximum atomic E-state index is 14.2. The highest BCUT2D eigenvalue weighted by Gasteiger charge is 2.19. The molecule has 0 spiro atoms. The SMILES string of the molecule is CN1OC[C@@H](CCCO)Oc2ccc(-c3cc(F)cc(F)c3F)cc2CN=C1N. The first-order valence-electron chi connectivity index (χ1n) is 9.11. The molecule has 1 heterocycles. The van der Waals surface area contributed by atoms with Crippen molar-refractivity contribution < 1.29 is 27.9 Å². The monoisotopic (exact) mass is 409 g/mol. The molecule has 0 aliphatic carbocycles. The molecule has 6 nitrogen and oxygen atoms in total. The lowest BCUT2D eigenvalue weighted by Gasteiger charge is -2.26. The predicted molar refractivity (Wildman–Crippen MR) is 102 cm³/mol. The van der Waals surface area contributed by atoms with Gasteiger partial charge in [0.15, 0.2) is 11.6 Å². The Kier molecular flexibility index (Phi) is 6.60. The van der Waals surface area contributed by atoms with Gasteiger partial charge in [-0.2, -0.15) is 0 Å². The van der Waals surface area contributed by atoms with E-state index < -0.39 is 17.5 Å². The molecule has 1 atom stereocenters. The van der Waals surface area contributed by atoms with Crippen LogP contribution in [0.2, 0.25) is 0 Å². The third-order valence-corrected chi connectivity index (χ3v) is 4.53. The number of guanidine groups is 1. The molecule has 0 unspecified atom stereocenters. The van der Waals surface area contributed by atoms with Crippen LogP contribution >= 0.6 is 0 Å². The molecule has 1 aliphatic heterocycles. The lowest BCUT2D eigenvalue weighted by molar-refractivity contribution is -0.110. The van der Waals surface area contributed by atoms with Crippen LogP contribution in [0.1, 0.15) is 18.4 Å². The second-order valence-corrected chi connectivity index (χ2v) is 6.65. The number of nitrogens with two attached hydrogens (primary N) is 1. The maximum Gasteiger partial charge on any atom is 0.215 e. The van der Waals surface area contributed by atoms with Gasteiger partial charge in [-0.3, -0.25) is 4.84 Å². The summed E-state index contributed by atoms with van der Waals surface area (Å²) in [5, 5.41) is 10.4. The van der Waals surface area contributed by atoms with E-state index in [-0.39, 0.29) is 42.9 Å². The van der Waals surface area contributed by atoms with Crippen LogP contribution in [-0.4, -0.2) is 42.5 Å². The summed E-state index contributed by atoms with van der Waals surface area (Å²) in [6.07, 6.45) is 0.679. The van der Waals surface area contributed by atoms with E-state index >= 15 is 0 Å². The van der Waals surface area contributed by atoms with Crippen molar-refractivity contribution in [3.63, 3.8) is 0 Å². The molecule has 0 amide bonds. The number of hydroxylamine groups is 2. The largest absolute Gasteiger partial charge is 0.488 e. The highest BCUT2D eigenvalue weighted by molar-refractivity contribution is 5.77. The van der Waals surface area contributed by atoms with E-state index in [4.69, 9.17) is 20.4 Å². The first-order chi connectivity index (χ1) is 13.9. The van der Waals surface area contributed by atoms with Gasteiger partial charge in [0.25, 0.3) is 0 Å². The second kappa shape index (κ2) is 9.15. The Hall–Kier alpha value is -2.78. The minimum absolute atomic E-state index is 0.00943. The standard InChI is InChI=1S/C20H22F3N3O3/c1-26-20(24)25-10-13-7-12(16-8-14(21)9-17(22)19(16)23)4-5-18(13)29-15(11-28-26)3-2-6-27/h4-5,7-9,15,27H,2-3,6,10-11H2,1H3,(H2,24,25)/t15-/m1/s1. The highest BCUT2D eigenvalue weighted by Crippen LogP contribution is 2.31. The van der Waals surface area contributed by atoms with Gasteiger partial charge in [-0.25, -0.2) is 23.2 Å². The van der Waals surface area contributed by atoms with Gasteiger partial charge in [0.05, 0.1) is 6.54 Å². The Bertz CT molecular complexity index is 908. The van der Waals surface area contributed by atoms with Crippen LogP contribution in [0, 0.1) is 17.5 Å². The number of benzene rings is 2.